The monoisotopic (exact) mass is 411 g/mol. The van der Waals surface area contributed by atoms with Crippen LogP contribution in [0, 0.1) is 24.6 Å². The maximum atomic E-state index is 13.8. The number of aromatic nitrogens is 1. The van der Waals surface area contributed by atoms with Crippen molar-refractivity contribution in [2.45, 2.75) is 51.1 Å². The molecule has 0 saturated carbocycles. The zero-order valence-corrected chi connectivity index (χ0v) is 17.1. The van der Waals surface area contributed by atoms with Crippen molar-refractivity contribution in [3.05, 3.63) is 53.2 Å². The standard InChI is InChI=1S/C23H26FN3O3/c1-14-8-19(25-30-14)23(29)26-12-16-11-17(13-26)21(10-15-4-2-5-18(24)9-15)27-20(16)6-3-7-22(27)28/h2,4-5,8-9,16-17,20-21H,3,6-7,10-13H2,1H3/t16-,17+,20+,21+/m1/s1. The highest BCUT2D eigenvalue weighted by Gasteiger charge is 2.50. The van der Waals surface area contributed by atoms with Crippen LogP contribution in [-0.4, -0.2) is 51.9 Å². The Kier molecular flexibility index (Phi) is 4.83. The van der Waals surface area contributed by atoms with Gasteiger partial charge in [-0.3, -0.25) is 9.59 Å². The predicted octanol–water partition coefficient (Wildman–Crippen LogP) is 3.21. The Morgan fingerprint density at radius 3 is 2.87 bits per heavy atom. The first-order chi connectivity index (χ1) is 14.5. The average molecular weight is 411 g/mol. The third-order valence-electron chi connectivity index (χ3n) is 6.96. The van der Waals surface area contributed by atoms with Crippen molar-refractivity contribution < 1.29 is 18.5 Å². The lowest BCUT2D eigenvalue weighted by Crippen LogP contribution is -2.66. The molecule has 6 nitrogen and oxygen atoms in total. The number of piperidine rings is 3. The summed E-state index contributed by atoms with van der Waals surface area (Å²) < 4.78 is 18.9. The van der Waals surface area contributed by atoms with Crippen molar-refractivity contribution >= 4 is 11.8 Å². The number of carbonyl (C=O) groups excluding carboxylic acids is 2. The van der Waals surface area contributed by atoms with Gasteiger partial charge in [-0.2, -0.15) is 0 Å². The molecule has 0 spiro atoms. The molecule has 0 radical (unpaired) electrons. The summed E-state index contributed by atoms with van der Waals surface area (Å²) in [5.74, 6) is 0.889. The van der Waals surface area contributed by atoms with Gasteiger partial charge in [-0.25, -0.2) is 4.39 Å². The van der Waals surface area contributed by atoms with Crippen LogP contribution in [0.25, 0.3) is 0 Å². The van der Waals surface area contributed by atoms with E-state index in [-0.39, 0.29) is 41.6 Å². The van der Waals surface area contributed by atoms with Gasteiger partial charge in [-0.1, -0.05) is 17.3 Å². The fraction of sp³-hybridized carbons (Fsp3) is 0.522. The number of likely N-dealkylation sites (tertiary alicyclic amines) is 1. The highest BCUT2D eigenvalue weighted by Crippen LogP contribution is 2.42. The van der Waals surface area contributed by atoms with Crippen LogP contribution >= 0.6 is 0 Å². The van der Waals surface area contributed by atoms with E-state index in [1.54, 1.807) is 25.1 Å². The molecule has 158 valence electrons. The zero-order chi connectivity index (χ0) is 20.8. The number of nitrogens with zero attached hydrogens (tertiary/aromatic N) is 3. The molecule has 7 heteroatoms. The Morgan fingerprint density at radius 1 is 1.27 bits per heavy atom. The number of aryl methyl sites for hydroxylation is 1. The van der Waals surface area contributed by atoms with Crippen LogP contribution in [0.5, 0.6) is 0 Å². The molecule has 0 N–H and O–H groups in total. The first kappa shape index (κ1) is 19.3. The van der Waals surface area contributed by atoms with Gasteiger partial charge in [0, 0.05) is 37.7 Å². The Hall–Kier alpha value is -2.70. The van der Waals surface area contributed by atoms with Gasteiger partial charge in [0.25, 0.3) is 5.91 Å². The van der Waals surface area contributed by atoms with Crippen molar-refractivity contribution in [1.82, 2.24) is 15.0 Å². The molecule has 0 unspecified atom stereocenters. The van der Waals surface area contributed by atoms with Crippen LogP contribution in [0.2, 0.25) is 0 Å². The van der Waals surface area contributed by atoms with Crippen molar-refractivity contribution in [1.29, 1.82) is 0 Å². The van der Waals surface area contributed by atoms with E-state index in [0.29, 0.717) is 37.4 Å². The summed E-state index contributed by atoms with van der Waals surface area (Å²) in [7, 11) is 0. The lowest BCUT2D eigenvalue weighted by atomic mass is 9.70. The number of fused-ring (bicyclic) bond motifs is 4. The fourth-order valence-corrected chi connectivity index (χ4v) is 5.74. The minimum atomic E-state index is -0.260. The molecular formula is C23H26FN3O3. The Balaban J connectivity index is 1.44. The maximum absolute atomic E-state index is 13.8. The summed E-state index contributed by atoms with van der Waals surface area (Å²) in [5.41, 5.74) is 1.23. The Labute approximate surface area is 175 Å². The highest BCUT2D eigenvalue weighted by molar-refractivity contribution is 5.92. The minimum absolute atomic E-state index is 0.0181. The summed E-state index contributed by atoms with van der Waals surface area (Å²) in [6.07, 6.45) is 4.05. The number of hydrogen-bond acceptors (Lipinski definition) is 4. The Bertz CT molecular complexity index is 974. The molecule has 4 atom stereocenters. The first-order valence-electron chi connectivity index (χ1n) is 10.8. The van der Waals surface area contributed by atoms with Crippen LogP contribution in [0.15, 0.2) is 34.9 Å². The van der Waals surface area contributed by atoms with E-state index in [1.807, 2.05) is 11.0 Å². The topological polar surface area (TPSA) is 66.7 Å². The molecule has 5 rings (SSSR count). The molecule has 3 aliphatic rings. The van der Waals surface area contributed by atoms with Gasteiger partial charge >= 0.3 is 0 Å². The van der Waals surface area contributed by atoms with Gasteiger partial charge in [-0.15, -0.1) is 0 Å². The zero-order valence-electron chi connectivity index (χ0n) is 17.1. The van der Waals surface area contributed by atoms with Crippen LogP contribution in [0.3, 0.4) is 0 Å². The normalized spacial score (nSPS) is 28.4. The summed E-state index contributed by atoms with van der Waals surface area (Å²) in [6, 6.07) is 8.44. The van der Waals surface area contributed by atoms with E-state index in [9.17, 15) is 14.0 Å². The number of carbonyl (C=O) groups is 2. The lowest BCUT2D eigenvalue weighted by Gasteiger charge is -2.56. The lowest BCUT2D eigenvalue weighted by molar-refractivity contribution is -0.151. The van der Waals surface area contributed by atoms with Gasteiger partial charge in [0.2, 0.25) is 5.91 Å². The summed E-state index contributed by atoms with van der Waals surface area (Å²) in [4.78, 5) is 29.9. The molecule has 2 bridgehead atoms. The van der Waals surface area contributed by atoms with Crippen LogP contribution in [0.4, 0.5) is 4.39 Å². The molecule has 2 amide bonds. The van der Waals surface area contributed by atoms with Crippen molar-refractivity contribution in [3.8, 4) is 0 Å². The summed E-state index contributed by atoms with van der Waals surface area (Å²) in [6.45, 7) is 3.00. The van der Waals surface area contributed by atoms with E-state index in [4.69, 9.17) is 4.52 Å². The average Bonchev–Trinajstić information content (AvgIpc) is 3.17. The van der Waals surface area contributed by atoms with Crippen LogP contribution in [-0.2, 0) is 11.2 Å². The number of rotatable bonds is 3. The maximum Gasteiger partial charge on any atom is 0.276 e. The fourth-order valence-electron chi connectivity index (χ4n) is 5.74. The molecule has 1 aromatic carbocycles. The van der Waals surface area contributed by atoms with E-state index >= 15 is 0 Å². The Morgan fingerprint density at radius 2 is 2.10 bits per heavy atom. The highest BCUT2D eigenvalue weighted by atomic mass is 19.1. The van der Waals surface area contributed by atoms with Crippen LogP contribution in [0.1, 0.15) is 47.5 Å². The van der Waals surface area contributed by atoms with E-state index in [2.05, 4.69) is 10.1 Å². The van der Waals surface area contributed by atoms with Gasteiger partial charge < -0.3 is 14.3 Å². The second-order valence-corrected chi connectivity index (χ2v) is 8.95. The number of halogens is 1. The second kappa shape index (κ2) is 7.52. The smallest absolute Gasteiger partial charge is 0.276 e. The quantitative estimate of drug-likeness (QED) is 0.778. The molecule has 3 fully saturated rings. The van der Waals surface area contributed by atoms with Gasteiger partial charge in [-0.05, 0) is 62.1 Å². The van der Waals surface area contributed by atoms with E-state index in [0.717, 1.165) is 24.8 Å². The van der Waals surface area contributed by atoms with Gasteiger partial charge in [0.1, 0.15) is 11.6 Å². The van der Waals surface area contributed by atoms with E-state index in [1.165, 1.54) is 6.07 Å². The molecule has 1 aromatic heterocycles. The van der Waals surface area contributed by atoms with Gasteiger partial charge in [0.15, 0.2) is 5.69 Å². The van der Waals surface area contributed by atoms with E-state index < -0.39 is 0 Å². The SMILES string of the molecule is Cc1cc(C(=O)N2C[C@H]3C[C@@H](C2)[C@H](Cc2cccc(F)c2)N2C(=O)CCC[C@@H]32)no1. The number of amides is 2. The molecule has 2 aromatic rings. The summed E-state index contributed by atoms with van der Waals surface area (Å²) in [5, 5.41) is 3.90. The number of hydrogen-bond donors (Lipinski definition) is 0. The third-order valence-corrected chi connectivity index (χ3v) is 6.96. The largest absolute Gasteiger partial charge is 0.361 e. The van der Waals surface area contributed by atoms with Crippen molar-refractivity contribution in [2.75, 3.05) is 13.1 Å². The molecular weight excluding hydrogens is 385 g/mol. The van der Waals surface area contributed by atoms with Gasteiger partial charge in [0.05, 0.1) is 0 Å². The molecule has 30 heavy (non-hydrogen) atoms. The molecule has 3 saturated heterocycles. The van der Waals surface area contributed by atoms with Crippen molar-refractivity contribution in [3.63, 3.8) is 0 Å². The van der Waals surface area contributed by atoms with Crippen LogP contribution < -0.4 is 0 Å². The number of benzene rings is 1. The third kappa shape index (κ3) is 3.40. The molecule has 0 aliphatic carbocycles. The molecule has 4 heterocycles. The second-order valence-electron chi connectivity index (χ2n) is 8.95. The first-order valence-corrected chi connectivity index (χ1v) is 10.8. The molecule has 3 aliphatic heterocycles. The minimum Gasteiger partial charge on any atom is -0.361 e. The summed E-state index contributed by atoms with van der Waals surface area (Å²) >= 11 is 0. The van der Waals surface area contributed by atoms with Crippen molar-refractivity contribution in [2.24, 2.45) is 11.8 Å². The predicted molar refractivity (Wildman–Crippen MR) is 107 cm³/mol.